The zero-order valence-corrected chi connectivity index (χ0v) is 18.1. The van der Waals surface area contributed by atoms with Gasteiger partial charge >= 0.3 is 0 Å². The van der Waals surface area contributed by atoms with E-state index in [9.17, 15) is 9.90 Å². The Balaban J connectivity index is 1.51. The van der Waals surface area contributed by atoms with Crippen LogP contribution in [0.4, 0.5) is 0 Å². The third-order valence-electron chi connectivity index (χ3n) is 5.24. The number of nitrogens with zero attached hydrogens (tertiary/aromatic N) is 5. The zero-order chi connectivity index (χ0) is 22.4. The lowest BCUT2D eigenvalue weighted by Crippen LogP contribution is -2.35. The van der Waals surface area contributed by atoms with Gasteiger partial charge in [-0.3, -0.25) is 15.2 Å². The van der Waals surface area contributed by atoms with Gasteiger partial charge in [0, 0.05) is 35.0 Å². The first-order valence-electron chi connectivity index (χ1n) is 9.81. The maximum absolute atomic E-state index is 12.8. The molecule has 3 aromatic rings. The van der Waals surface area contributed by atoms with E-state index in [0.717, 1.165) is 28.2 Å². The third-order valence-corrected chi connectivity index (χ3v) is 6.20. The van der Waals surface area contributed by atoms with Crippen LogP contribution < -0.4 is 0 Å². The molecule has 0 aliphatic carbocycles. The number of hydrazone groups is 1. The molecule has 0 unspecified atom stereocenters. The van der Waals surface area contributed by atoms with Crippen LogP contribution in [0.15, 0.2) is 70.5 Å². The molecule has 1 aromatic carbocycles. The Morgan fingerprint density at radius 3 is 2.66 bits per heavy atom. The van der Waals surface area contributed by atoms with E-state index in [1.807, 2.05) is 48.7 Å². The third kappa shape index (κ3) is 3.32. The second kappa shape index (κ2) is 7.61. The summed E-state index contributed by atoms with van der Waals surface area (Å²) in [4.78, 5) is 21.0. The van der Waals surface area contributed by atoms with E-state index in [1.165, 1.54) is 16.8 Å². The number of hydrogen-bond donors (Lipinski definition) is 2. The van der Waals surface area contributed by atoms with Crippen LogP contribution in [0.1, 0.15) is 22.5 Å². The molecule has 0 radical (unpaired) electrons. The van der Waals surface area contributed by atoms with Crippen molar-refractivity contribution in [1.29, 1.82) is 5.41 Å². The molecule has 8 nitrogen and oxygen atoms in total. The van der Waals surface area contributed by atoms with Gasteiger partial charge in [0.15, 0.2) is 5.84 Å². The van der Waals surface area contributed by atoms with E-state index in [-0.39, 0.29) is 17.2 Å². The molecule has 0 saturated heterocycles. The van der Waals surface area contributed by atoms with Gasteiger partial charge in [0.25, 0.3) is 5.91 Å². The number of aryl methyl sites for hydroxylation is 1. The number of benzene rings is 1. The molecule has 2 aliphatic heterocycles. The fourth-order valence-electron chi connectivity index (χ4n) is 3.69. The summed E-state index contributed by atoms with van der Waals surface area (Å²) < 4.78 is 2.03. The van der Waals surface area contributed by atoms with Crippen LogP contribution in [0.2, 0.25) is 0 Å². The van der Waals surface area contributed by atoms with Crippen molar-refractivity contribution in [2.24, 2.45) is 10.1 Å². The summed E-state index contributed by atoms with van der Waals surface area (Å²) in [6, 6.07) is 12.6. The second-order valence-electron chi connectivity index (χ2n) is 7.35. The fourth-order valence-corrected chi connectivity index (χ4v) is 4.57. The van der Waals surface area contributed by atoms with Crippen LogP contribution in [0, 0.1) is 19.3 Å². The summed E-state index contributed by atoms with van der Waals surface area (Å²) >= 11 is 1.24. The molecule has 0 atom stereocenters. The minimum Gasteiger partial charge on any atom is -0.508 e. The Bertz CT molecular complexity index is 1350. The Hall–Kier alpha value is -3.98. The van der Waals surface area contributed by atoms with E-state index in [0.29, 0.717) is 10.2 Å². The van der Waals surface area contributed by atoms with Crippen LogP contribution in [-0.2, 0) is 4.79 Å². The predicted molar refractivity (Wildman–Crippen MR) is 125 cm³/mol. The van der Waals surface area contributed by atoms with Gasteiger partial charge in [-0.2, -0.15) is 15.1 Å². The number of thioether (sulfide) groups is 1. The number of carbonyl (C=O) groups is 1. The number of pyridine rings is 1. The highest BCUT2D eigenvalue weighted by atomic mass is 32.2. The van der Waals surface area contributed by atoms with E-state index in [1.54, 1.807) is 30.6 Å². The minimum atomic E-state index is -0.467. The molecule has 9 heteroatoms. The van der Waals surface area contributed by atoms with Gasteiger partial charge in [0.2, 0.25) is 5.17 Å². The lowest BCUT2D eigenvalue weighted by molar-refractivity contribution is -0.114. The van der Waals surface area contributed by atoms with Crippen LogP contribution in [-0.4, -0.2) is 41.6 Å². The van der Waals surface area contributed by atoms with Gasteiger partial charge in [-0.05, 0) is 79.7 Å². The quantitative estimate of drug-likeness (QED) is 0.599. The first kappa shape index (κ1) is 20.0. The van der Waals surface area contributed by atoms with E-state index < -0.39 is 5.91 Å². The van der Waals surface area contributed by atoms with Crippen molar-refractivity contribution in [2.45, 2.75) is 13.8 Å². The maximum Gasteiger partial charge on any atom is 0.283 e. The lowest BCUT2D eigenvalue weighted by atomic mass is 10.1. The smallest absolute Gasteiger partial charge is 0.283 e. The van der Waals surface area contributed by atoms with Gasteiger partial charge in [-0.15, -0.1) is 0 Å². The number of rotatable bonds is 3. The number of nitrogens with one attached hydrogen (secondary N) is 1. The molecule has 2 aliphatic rings. The number of hydrogen-bond acceptors (Lipinski definition) is 6. The molecule has 2 N–H and O–H groups in total. The summed E-state index contributed by atoms with van der Waals surface area (Å²) in [5.41, 5.74) is 4.56. The number of carbonyl (C=O) groups excluding carboxylic acids is 1. The first-order chi connectivity index (χ1) is 15.4. The average molecular weight is 443 g/mol. The summed E-state index contributed by atoms with van der Waals surface area (Å²) in [6.07, 6.45) is 5.05. The van der Waals surface area contributed by atoms with Crippen LogP contribution in [0.3, 0.4) is 0 Å². The lowest BCUT2D eigenvalue weighted by Gasteiger charge is -2.20. The second-order valence-corrected chi connectivity index (χ2v) is 8.30. The van der Waals surface area contributed by atoms with E-state index in [4.69, 9.17) is 5.41 Å². The summed E-state index contributed by atoms with van der Waals surface area (Å²) in [5, 5.41) is 25.1. The van der Waals surface area contributed by atoms with Gasteiger partial charge in [-0.25, -0.2) is 0 Å². The Kier molecular flexibility index (Phi) is 4.75. The standard InChI is InChI=1S/C23H18N6O2S/c1-13-10-16(14(2)28(13)17-5-7-18(30)8-6-17)11-19-20(24)29-23(26-21(19)31)32-22(27-29)15-4-3-9-25-12-15/h3-12,24,30H,1-2H3. The van der Waals surface area contributed by atoms with Crippen molar-refractivity contribution >= 4 is 39.8 Å². The van der Waals surface area contributed by atoms with Crippen LogP contribution >= 0.6 is 11.8 Å². The highest BCUT2D eigenvalue weighted by Crippen LogP contribution is 2.31. The Morgan fingerprint density at radius 1 is 1.16 bits per heavy atom. The highest BCUT2D eigenvalue weighted by molar-refractivity contribution is 8.27. The van der Waals surface area contributed by atoms with Gasteiger partial charge < -0.3 is 9.67 Å². The van der Waals surface area contributed by atoms with Crippen molar-refractivity contribution in [3.05, 3.63) is 82.9 Å². The molecule has 5 rings (SSSR count). The number of phenolic OH excluding ortho intramolecular Hbond substituents is 1. The maximum atomic E-state index is 12.8. The number of amides is 1. The number of aliphatic imine (C=N–C) groups is 1. The minimum absolute atomic E-state index is 0.0131. The molecule has 0 saturated carbocycles. The Morgan fingerprint density at radius 2 is 1.94 bits per heavy atom. The molecule has 4 heterocycles. The molecule has 32 heavy (non-hydrogen) atoms. The predicted octanol–water partition coefficient (Wildman–Crippen LogP) is 3.86. The van der Waals surface area contributed by atoms with Crippen molar-refractivity contribution in [3.8, 4) is 11.4 Å². The first-order valence-corrected chi connectivity index (χ1v) is 10.6. The number of amidine groups is 2. The largest absolute Gasteiger partial charge is 0.508 e. The Labute approximate surface area is 188 Å². The van der Waals surface area contributed by atoms with Gasteiger partial charge in [0.1, 0.15) is 10.8 Å². The monoisotopic (exact) mass is 442 g/mol. The summed E-state index contributed by atoms with van der Waals surface area (Å²) in [5.74, 6) is -0.283. The average Bonchev–Trinajstić information content (AvgIpc) is 3.33. The molecule has 0 bridgehead atoms. The number of aromatic hydroxyl groups is 1. The highest BCUT2D eigenvalue weighted by Gasteiger charge is 2.36. The fraction of sp³-hybridized carbons (Fsp3) is 0.0870. The van der Waals surface area contributed by atoms with Crippen molar-refractivity contribution in [3.63, 3.8) is 0 Å². The zero-order valence-electron chi connectivity index (χ0n) is 17.3. The molecular formula is C23H18N6O2S. The number of fused-ring (bicyclic) bond motifs is 1. The molecular weight excluding hydrogens is 424 g/mol. The van der Waals surface area contributed by atoms with E-state index >= 15 is 0 Å². The molecule has 2 aromatic heterocycles. The SMILES string of the molecule is Cc1cc(C=C2C(=N)N3N=C(c4cccnc4)SC3=NC2=O)c(C)n1-c1ccc(O)cc1. The van der Waals surface area contributed by atoms with Crippen LogP contribution in [0.5, 0.6) is 5.75 Å². The number of phenols is 1. The molecule has 1 amide bonds. The molecule has 158 valence electrons. The summed E-state index contributed by atoms with van der Waals surface area (Å²) in [7, 11) is 0. The topological polar surface area (TPSA) is 107 Å². The van der Waals surface area contributed by atoms with Crippen molar-refractivity contribution in [1.82, 2.24) is 14.6 Å². The normalized spacial score (nSPS) is 16.9. The number of aromatic nitrogens is 2. The van der Waals surface area contributed by atoms with Crippen LogP contribution in [0.25, 0.3) is 11.8 Å². The van der Waals surface area contributed by atoms with E-state index in [2.05, 4.69) is 15.1 Å². The molecule has 0 spiro atoms. The van der Waals surface area contributed by atoms with Gasteiger partial charge in [-0.1, -0.05) is 0 Å². The van der Waals surface area contributed by atoms with Crippen molar-refractivity contribution in [2.75, 3.05) is 0 Å². The van der Waals surface area contributed by atoms with Gasteiger partial charge in [0.05, 0.1) is 5.57 Å². The molecule has 0 fully saturated rings. The van der Waals surface area contributed by atoms with Crippen molar-refractivity contribution < 1.29 is 9.90 Å². The summed E-state index contributed by atoms with van der Waals surface area (Å²) in [6.45, 7) is 3.91.